The SMILES string of the molecule is O=C(O)C1CCCCC1CNCCCCCCO. The summed E-state index contributed by atoms with van der Waals surface area (Å²) in [6.45, 7) is 2.10. The molecule has 2 atom stereocenters. The Hall–Kier alpha value is -0.610. The molecule has 1 aliphatic carbocycles. The lowest BCUT2D eigenvalue weighted by Gasteiger charge is -2.28. The quantitative estimate of drug-likeness (QED) is 0.553. The van der Waals surface area contributed by atoms with Crippen LogP contribution in [-0.4, -0.2) is 35.9 Å². The Bertz CT molecular complexity index is 233. The van der Waals surface area contributed by atoms with Gasteiger partial charge in [0.05, 0.1) is 5.92 Å². The molecule has 106 valence electrons. The second kappa shape index (κ2) is 9.34. The molecule has 1 fully saturated rings. The number of carboxylic acid groups (broad SMARTS) is 1. The van der Waals surface area contributed by atoms with E-state index in [1.165, 1.54) is 6.42 Å². The summed E-state index contributed by atoms with van der Waals surface area (Å²) in [6, 6.07) is 0. The van der Waals surface area contributed by atoms with Crippen LogP contribution >= 0.6 is 0 Å². The Kier molecular flexibility index (Phi) is 8.01. The van der Waals surface area contributed by atoms with Crippen LogP contribution in [0.25, 0.3) is 0 Å². The topological polar surface area (TPSA) is 69.6 Å². The zero-order valence-electron chi connectivity index (χ0n) is 11.2. The summed E-state index contributed by atoms with van der Waals surface area (Å²) < 4.78 is 0. The standard InChI is InChI=1S/C14H27NO3/c16-10-6-2-1-5-9-15-11-12-7-3-4-8-13(12)14(17)18/h12-13,15-16H,1-11H2,(H,17,18). The van der Waals surface area contributed by atoms with Gasteiger partial charge in [-0.1, -0.05) is 25.7 Å². The molecule has 1 saturated carbocycles. The van der Waals surface area contributed by atoms with Gasteiger partial charge in [0, 0.05) is 6.61 Å². The second-order valence-electron chi connectivity index (χ2n) is 5.33. The molecule has 0 saturated heterocycles. The summed E-state index contributed by atoms with van der Waals surface area (Å²) >= 11 is 0. The van der Waals surface area contributed by atoms with Gasteiger partial charge in [-0.25, -0.2) is 0 Å². The minimum atomic E-state index is -0.621. The fraction of sp³-hybridized carbons (Fsp3) is 0.929. The van der Waals surface area contributed by atoms with Crippen LogP contribution in [0.15, 0.2) is 0 Å². The average Bonchev–Trinajstić information content (AvgIpc) is 2.38. The van der Waals surface area contributed by atoms with Crippen molar-refractivity contribution in [2.24, 2.45) is 11.8 Å². The molecule has 1 rings (SSSR count). The highest BCUT2D eigenvalue weighted by Crippen LogP contribution is 2.29. The van der Waals surface area contributed by atoms with Crippen LogP contribution in [0, 0.1) is 11.8 Å². The van der Waals surface area contributed by atoms with Crippen LogP contribution in [0.4, 0.5) is 0 Å². The molecule has 0 amide bonds. The van der Waals surface area contributed by atoms with Crippen molar-refractivity contribution in [2.75, 3.05) is 19.7 Å². The first-order valence-corrected chi connectivity index (χ1v) is 7.30. The minimum absolute atomic E-state index is 0.138. The maximum atomic E-state index is 11.1. The van der Waals surface area contributed by atoms with Gasteiger partial charge < -0.3 is 15.5 Å². The molecule has 4 nitrogen and oxygen atoms in total. The summed E-state index contributed by atoms with van der Waals surface area (Å²) in [6.07, 6.45) is 8.36. The van der Waals surface area contributed by atoms with Gasteiger partial charge in [-0.15, -0.1) is 0 Å². The van der Waals surface area contributed by atoms with Crippen LogP contribution in [0.1, 0.15) is 51.4 Å². The van der Waals surface area contributed by atoms with E-state index in [0.29, 0.717) is 5.92 Å². The van der Waals surface area contributed by atoms with E-state index in [0.717, 1.165) is 58.0 Å². The van der Waals surface area contributed by atoms with Crippen molar-refractivity contribution >= 4 is 5.97 Å². The highest BCUT2D eigenvalue weighted by molar-refractivity contribution is 5.70. The molecule has 0 aliphatic heterocycles. The largest absolute Gasteiger partial charge is 0.481 e. The Labute approximate surface area is 110 Å². The van der Waals surface area contributed by atoms with Crippen molar-refractivity contribution in [1.82, 2.24) is 5.32 Å². The summed E-state index contributed by atoms with van der Waals surface area (Å²) in [5.74, 6) is -0.446. The van der Waals surface area contributed by atoms with Crippen LogP contribution < -0.4 is 5.32 Å². The number of hydrogen-bond donors (Lipinski definition) is 3. The summed E-state index contributed by atoms with van der Waals surface area (Å²) in [5, 5.41) is 21.2. The Balaban J connectivity index is 2.07. The fourth-order valence-corrected chi connectivity index (χ4v) is 2.78. The summed E-state index contributed by atoms with van der Waals surface area (Å²) in [7, 11) is 0. The number of aliphatic carboxylic acids is 1. The third-order valence-corrected chi connectivity index (χ3v) is 3.89. The lowest BCUT2D eigenvalue weighted by Crippen LogP contribution is -2.35. The van der Waals surface area contributed by atoms with Gasteiger partial charge in [-0.2, -0.15) is 0 Å². The highest BCUT2D eigenvalue weighted by Gasteiger charge is 2.30. The molecule has 4 heteroatoms. The van der Waals surface area contributed by atoms with E-state index < -0.39 is 5.97 Å². The van der Waals surface area contributed by atoms with Gasteiger partial charge in [0.1, 0.15) is 0 Å². The number of carboxylic acids is 1. The van der Waals surface area contributed by atoms with Crippen molar-refractivity contribution in [3.05, 3.63) is 0 Å². The molecule has 0 radical (unpaired) electrons. The van der Waals surface area contributed by atoms with Crippen molar-refractivity contribution in [3.8, 4) is 0 Å². The van der Waals surface area contributed by atoms with Gasteiger partial charge in [0.2, 0.25) is 0 Å². The molecule has 0 bridgehead atoms. The molecule has 18 heavy (non-hydrogen) atoms. The van der Waals surface area contributed by atoms with Crippen molar-refractivity contribution in [3.63, 3.8) is 0 Å². The van der Waals surface area contributed by atoms with E-state index in [1.807, 2.05) is 0 Å². The molecule has 0 aromatic rings. The average molecular weight is 257 g/mol. The van der Waals surface area contributed by atoms with Crippen LogP contribution in [-0.2, 0) is 4.79 Å². The third-order valence-electron chi connectivity index (χ3n) is 3.89. The van der Waals surface area contributed by atoms with Crippen LogP contribution in [0.2, 0.25) is 0 Å². The number of hydrogen-bond acceptors (Lipinski definition) is 3. The van der Waals surface area contributed by atoms with Gasteiger partial charge in [0.25, 0.3) is 0 Å². The smallest absolute Gasteiger partial charge is 0.306 e. The van der Waals surface area contributed by atoms with Gasteiger partial charge in [0.15, 0.2) is 0 Å². The molecule has 0 aromatic carbocycles. The fourth-order valence-electron chi connectivity index (χ4n) is 2.78. The minimum Gasteiger partial charge on any atom is -0.481 e. The number of aliphatic hydroxyl groups is 1. The maximum absolute atomic E-state index is 11.1. The second-order valence-corrected chi connectivity index (χ2v) is 5.33. The van der Waals surface area contributed by atoms with Gasteiger partial charge in [-0.3, -0.25) is 4.79 Å². The first-order chi connectivity index (χ1) is 8.75. The number of aliphatic hydroxyl groups excluding tert-OH is 1. The first kappa shape index (κ1) is 15.4. The van der Waals surface area contributed by atoms with Crippen molar-refractivity contribution in [2.45, 2.75) is 51.4 Å². The predicted octanol–water partition coefficient (Wildman–Crippen LogP) is 2.02. The van der Waals surface area contributed by atoms with E-state index in [4.69, 9.17) is 10.2 Å². The van der Waals surface area contributed by atoms with E-state index in [9.17, 15) is 4.79 Å². The number of rotatable bonds is 9. The Morgan fingerprint density at radius 3 is 2.56 bits per heavy atom. The molecule has 0 heterocycles. The molecule has 0 spiro atoms. The molecule has 0 aromatic heterocycles. The third kappa shape index (κ3) is 5.83. The zero-order chi connectivity index (χ0) is 13.2. The zero-order valence-corrected chi connectivity index (χ0v) is 11.2. The van der Waals surface area contributed by atoms with E-state index >= 15 is 0 Å². The van der Waals surface area contributed by atoms with E-state index in [-0.39, 0.29) is 12.5 Å². The number of nitrogens with one attached hydrogen (secondary N) is 1. The van der Waals surface area contributed by atoms with Crippen LogP contribution in [0.5, 0.6) is 0 Å². The molecular weight excluding hydrogens is 230 g/mol. The van der Waals surface area contributed by atoms with Crippen molar-refractivity contribution in [1.29, 1.82) is 0 Å². The van der Waals surface area contributed by atoms with Gasteiger partial charge >= 0.3 is 5.97 Å². The van der Waals surface area contributed by atoms with Gasteiger partial charge in [-0.05, 0) is 44.7 Å². The lowest BCUT2D eigenvalue weighted by molar-refractivity contribution is -0.144. The number of unbranched alkanes of at least 4 members (excludes halogenated alkanes) is 3. The Morgan fingerprint density at radius 1 is 1.11 bits per heavy atom. The predicted molar refractivity (Wildman–Crippen MR) is 71.5 cm³/mol. The monoisotopic (exact) mass is 257 g/mol. The number of carbonyl (C=O) groups is 1. The maximum Gasteiger partial charge on any atom is 0.306 e. The van der Waals surface area contributed by atoms with Crippen LogP contribution in [0.3, 0.4) is 0 Å². The highest BCUT2D eigenvalue weighted by atomic mass is 16.4. The normalized spacial score (nSPS) is 24.1. The molecule has 2 unspecified atom stereocenters. The van der Waals surface area contributed by atoms with E-state index in [2.05, 4.69) is 5.32 Å². The molecule has 3 N–H and O–H groups in total. The summed E-state index contributed by atoms with van der Waals surface area (Å²) in [4.78, 5) is 11.1. The first-order valence-electron chi connectivity index (χ1n) is 7.30. The lowest BCUT2D eigenvalue weighted by atomic mass is 9.79. The van der Waals surface area contributed by atoms with E-state index in [1.54, 1.807) is 0 Å². The molecular formula is C14H27NO3. The Morgan fingerprint density at radius 2 is 1.83 bits per heavy atom. The summed E-state index contributed by atoms with van der Waals surface area (Å²) in [5.41, 5.74) is 0. The molecule has 1 aliphatic rings. The van der Waals surface area contributed by atoms with Crippen molar-refractivity contribution < 1.29 is 15.0 Å².